The Kier molecular flexibility index (Phi) is 4.49. The van der Waals surface area contributed by atoms with Crippen LogP contribution in [0.1, 0.15) is 33.6 Å². The number of nitrogens with one attached hydrogen (secondary N) is 1. The first-order valence-electron chi connectivity index (χ1n) is 7.77. The third-order valence-electron chi connectivity index (χ3n) is 4.15. The summed E-state index contributed by atoms with van der Waals surface area (Å²) in [4.78, 5) is 30.2. The highest BCUT2D eigenvalue weighted by molar-refractivity contribution is 7.20. The highest BCUT2D eigenvalue weighted by Gasteiger charge is 2.19. The molecule has 0 radical (unpaired) electrons. The van der Waals surface area contributed by atoms with Crippen molar-refractivity contribution in [3.05, 3.63) is 63.0 Å². The molecule has 0 spiro atoms. The smallest absolute Gasteiger partial charge is 0.262 e. The topological polar surface area (TPSA) is 64.0 Å². The molecule has 3 aromatic rings. The van der Waals surface area contributed by atoms with Gasteiger partial charge >= 0.3 is 0 Å². The maximum Gasteiger partial charge on any atom is 0.262 e. The molecule has 0 fully saturated rings. The average Bonchev–Trinajstić information content (AvgIpc) is 2.94. The quantitative estimate of drug-likeness (QED) is 0.794. The second-order valence-corrected chi connectivity index (χ2v) is 6.92. The van der Waals surface area contributed by atoms with Crippen LogP contribution in [0.5, 0.6) is 0 Å². The zero-order valence-corrected chi connectivity index (χ0v) is 14.7. The highest BCUT2D eigenvalue weighted by Crippen LogP contribution is 2.26. The van der Waals surface area contributed by atoms with Crippen molar-refractivity contribution in [1.82, 2.24) is 14.9 Å². The SMILES string of the molecule is Cc1c(C(=O)NC[C@@H](C)c2ccccc2)sc2ncn(C)c(=O)c12. The van der Waals surface area contributed by atoms with Crippen LogP contribution >= 0.6 is 11.3 Å². The molecule has 1 amide bonds. The van der Waals surface area contributed by atoms with Crippen LogP contribution in [0.3, 0.4) is 0 Å². The molecule has 6 heteroatoms. The van der Waals surface area contributed by atoms with Crippen LogP contribution in [0.15, 0.2) is 41.5 Å². The second kappa shape index (κ2) is 6.57. The summed E-state index contributed by atoms with van der Waals surface area (Å²) in [6, 6.07) is 10.1. The van der Waals surface area contributed by atoms with Gasteiger partial charge in [-0.3, -0.25) is 9.59 Å². The Morgan fingerprint density at radius 3 is 2.75 bits per heavy atom. The van der Waals surface area contributed by atoms with Gasteiger partial charge in [0, 0.05) is 13.6 Å². The van der Waals surface area contributed by atoms with Crippen LogP contribution in [-0.2, 0) is 7.05 Å². The Morgan fingerprint density at radius 2 is 2.04 bits per heavy atom. The second-order valence-electron chi connectivity index (χ2n) is 5.92. The number of aromatic nitrogens is 2. The van der Waals surface area contributed by atoms with Gasteiger partial charge in [0.05, 0.1) is 16.6 Å². The lowest BCUT2D eigenvalue weighted by Gasteiger charge is -2.12. The molecule has 0 aliphatic heterocycles. The van der Waals surface area contributed by atoms with Gasteiger partial charge in [0.1, 0.15) is 4.83 Å². The number of carbonyl (C=O) groups excluding carboxylic acids is 1. The van der Waals surface area contributed by atoms with E-state index in [1.807, 2.05) is 18.2 Å². The first-order valence-corrected chi connectivity index (χ1v) is 8.58. The Hall–Kier alpha value is -2.47. The molecule has 3 rings (SSSR count). The average molecular weight is 341 g/mol. The Balaban J connectivity index is 1.81. The number of aryl methyl sites for hydroxylation is 2. The first kappa shape index (κ1) is 16.4. The molecule has 0 aliphatic rings. The lowest BCUT2D eigenvalue weighted by Crippen LogP contribution is -2.27. The fourth-order valence-electron chi connectivity index (χ4n) is 2.65. The Bertz CT molecular complexity index is 944. The van der Waals surface area contributed by atoms with Crippen molar-refractivity contribution in [2.75, 3.05) is 6.54 Å². The number of hydrogen-bond donors (Lipinski definition) is 1. The summed E-state index contributed by atoms with van der Waals surface area (Å²) in [5, 5.41) is 3.50. The molecule has 124 valence electrons. The van der Waals surface area contributed by atoms with Crippen molar-refractivity contribution in [3.8, 4) is 0 Å². The maximum absolute atomic E-state index is 12.5. The minimum absolute atomic E-state index is 0.120. The summed E-state index contributed by atoms with van der Waals surface area (Å²) in [5.74, 6) is 0.0659. The predicted molar refractivity (Wildman–Crippen MR) is 96.8 cm³/mol. The summed E-state index contributed by atoms with van der Waals surface area (Å²) in [6.07, 6.45) is 1.49. The zero-order valence-electron chi connectivity index (χ0n) is 13.9. The molecular weight excluding hydrogens is 322 g/mol. The molecule has 2 heterocycles. The molecule has 0 aliphatic carbocycles. The molecule has 0 unspecified atom stereocenters. The number of amides is 1. The fourth-order valence-corrected chi connectivity index (χ4v) is 3.71. The summed E-state index contributed by atoms with van der Waals surface area (Å²) < 4.78 is 1.43. The van der Waals surface area contributed by atoms with Crippen molar-refractivity contribution < 1.29 is 4.79 Å². The number of fused-ring (bicyclic) bond motifs is 1. The summed E-state index contributed by atoms with van der Waals surface area (Å²) in [7, 11) is 1.66. The number of hydrogen-bond acceptors (Lipinski definition) is 4. The van der Waals surface area contributed by atoms with E-state index in [9.17, 15) is 9.59 Å². The minimum atomic E-state index is -0.152. The molecule has 0 bridgehead atoms. The van der Waals surface area contributed by atoms with Gasteiger partial charge in [-0.15, -0.1) is 11.3 Å². The number of nitrogens with zero attached hydrogens (tertiary/aromatic N) is 2. The largest absolute Gasteiger partial charge is 0.351 e. The maximum atomic E-state index is 12.5. The standard InChI is InChI=1S/C18H19N3O2S/c1-11(13-7-5-4-6-8-13)9-19-16(22)15-12(2)14-17(24-15)20-10-21(3)18(14)23/h4-8,10-11H,9H2,1-3H3,(H,19,22)/t11-/m1/s1. The molecule has 1 N–H and O–H groups in total. The summed E-state index contributed by atoms with van der Waals surface area (Å²) >= 11 is 1.27. The summed E-state index contributed by atoms with van der Waals surface area (Å²) in [6.45, 7) is 4.42. The van der Waals surface area contributed by atoms with E-state index in [4.69, 9.17) is 0 Å². The Morgan fingerprint density at radius 1 is 1.33 bits per heavy atom. The molecular formula is C18H19N3O2S. The van der Waals surface area contributed by atoms with E-state index < -0.39 is 0 Å². The molecule has 0 saturated heterocycles. The molecule has 1 aromatic carbocycles. The number of carbonyl (C=O) groups is 1. The van der Waals surface area contributed by atoms with E-state index >= 15 is 0 Å². The van der Waals surface area contributed by atoms with Crippen LogP contribution < -0.4 is 10.9 Å². The van der Waals surface area contributed by atoms with E-state index in [1.54, 1.807) is 14.0 Å². The third-order valence-corrected chi connectivity index (χ3v) is 5.35. The molecule has 0 saturated carbocycles. The van der Waals surface area contributed by atoms with E-state index in [2.05, 4.69) is 29.4 Å². The normalized spacial score (nSPS) is 12.3. The molecule has 24 heavy (non-hydrogen) atoms. The third kappa shape index (κ3) is 2.97. The lowest BCUT2D eigenvalue weighted by molar-refractivity contribution is 0.0955. The number of benzene rings is 1. The zero-order chi connectivity index (χ0) is 17.3. The van der Waals surface area contributed by atoms with Gasteiger partial charge in [-0.05, 0) is 24.0 Å². The van der Waals surface area contributed by atoms with Gasteiger partial charge < -0.3 is 9.88 Å². The van der Waals surface area contributed by atoms with Gasteiger partial charge in [0.2, 0.25) is 0 Å². The fraction of sp³-hybridized carbons (Fsp3) is 0.278. The van der Waals surface area contributed by atoms with E-state index in [0.717, 1.165) is 0 Å². The van der Waals surface area contributed by atoms with Gasteiger partial charge in [0.25, 0.3) is 11.5 Å². The van der Waals surface area contributed by atoms with Crippen molar-refractivity contribution in [1.29, 1.82) is 0 Å². The van der Waals surface area contributed by atoms with Gasteiger partial charge in [-0.1, -0.05) is 37.3 Å². The molecule has 5 nitrogen and oxygen atoms in total. The van der Waals surface area contributed by atoms with Gasteiger partial charge in [0.15, 0.2) is 0 Å². The molecule has 2 aromatic heterocycles. The number of thiophene rings is 1. The summed E-state index contributed by atoms with van der Waals surface area (Å²) in [5.41, 5.74) is 1.76. The van der Waals surface area contributed by atoms with Crippen LogP contribution in [0.25, 0.3) is 10.2 Å². The lowest BCUT2D eigenvalue weighted by atomic mass is 10.0. The van der Waals surface area contributed by atoms with Crippen molar-refractivity contribution in [2.45, 2.75) is 19.8 Å². The predicted octanol–water partition coefficient (Wildman–Crippen LogP) is 2.84. The Labute approximate surface area is 144 Å². The highest BCUT2D eigenvalue weighted by atomic mass is 32.1. The van der Waals surface area contributed by atoms with Crippen LogP contribution in [0.4, 0.5) is 0 Å². The van der Waals surface area contributed by atoms with Crippen molar-refractivity contribution in [2.24, 2.45) is 7.05 Å². The van der Waals surface area contributed by atoms with Gasteiger partial charge in [-0.2, -0.15) is 0 Å². The van der Waals surface area contributed by atoms with E-state index in [-0.39, 0.29) is 17.4 Å². The van der Waals surface area contributed by atoms with Crippen molar-refractivity contribution >= 4 is 27.5 Å². The minimum Gasteiger partial charge on any atom is -0.351 e. The monoisotopic (exact) mass is 341 g/mol. The van der Waals surface area contributed by atoms with E-state index in [1.165, 1.54) is 27.8 Å². The van der Waals surface area contributed by atoms with Crippen LogP contribution in [-0.4, -0.2) is 22.0 Å². The molecule has 1 atom stereocenters. The van der Waals surface area contributed by atoms with Gasteiger partial charge in [-0.25, -0.2) is 4.98 Å². The first-order chi connectivity index (χ1) is 11.5. The van der Waals surface area contributed by atoms with Crippen LogP contribution in [0.2, 0.25) is 0 Å². The van der Waals surface area contributed by atoms with E-state index in [0.29, 0.717) is 27.2 Å². The number of rotatable bonds is 4. The van der Waals surface area contributed by atoms with Crippen molar-refractivity contribution in [3.63, 3.8) is 0 Å². The van der Waals surface area contributed by atoms with Crippen LogP contribution in [0, 0.1) is 6.92 Å².